The van der Waals surface area contributed by atoms with Gasteiger partial charge in [0.05, 0.1) is 12.9 Å². The van der Waals surface area contributed by atoms with Gasteiger partial charge in [-0.25, -0.2) is 9.37 Å². The van der Waals surface area contributed by atoms with Gasteiger partial charge in [-0.1, -0.05) is 42.5 Å². The molecule has 1 unspecified atom stereocenters. The van der Waals surface area contributed by atoms with Crippen LogP contribution >= 0.6 is 0 Å². The summed E-state index contributed by atoms with van der Waals surface area (Å²) in [5, 5.41) is 0. The van der Waals surface area contributed by atoms with Gasteiger partial charge in [0.2, 0.25) is 0 Å². The highest BCUT2D eigenvalue weighted by molar-refractivity contribution is 5.99. The summed E-state index contributed by atoms with van der Waals surface area (Å²) in [4.78, 5) is 16.8. The number of hydrogen-bond acceptors (Lipinski definition) is 3. The molecule has 1 heterocycles. The van der Waals surface area contributed by atoms with E-state index in [0.29, 0.717) is 13.0 Å². The molecule has 172 valence electrons. The Morgan fingerprint density at radius 1 is 0.971 bits per heavy atom. The van der Waals surface area contributed by atoms with Gasteiger partial charge < -0.3 is 9.30 Å². The monoisotopic (exact) mass is 454 g/mol. The van der Waals surface area contributed by atoms with Crippen LogP contribution < -0.4 is 4.74 Å². The lowest BCUT2D eigenvalue weighted by Crippen LogP contribution is -2.18. The minimum absolute atomic E-state index is 0.203. The van der Waals surface area contributed by atoms with Crippen LogP contribution in [-0.2, 0) is 25.8 Å². The summed E-state index contributed by atoms with van der Waals surface area (Å²) in [5.41, 5.74) is 5.14. The molecular weight excluding hydrogens is 427 g/mol. The molecule has 1 atom stereocenters. The molecule has 1 aliphatic rings. The van der Waals surface area contributed by atoms with E-state index in [-0.39, 0.29) is 17.7 Å². The number of rotatable bonds is 8. The van der Waals surface area contributed by atoms with Crippen molar-refractivity contribution >= 4 is 5.78 Å². The van der Waals surface area contributed by atoms with Gasteiger partial charge in [0.1, 0.15) is 17.7 Å². The summed E-state index contributed by atoms with van der Waals surface area (Å²) in [5.74, 6) is 0.777. The van der Waals surface area contributed by atoms with Crippen LogP contribution in [0.3, 0.4) is 0 Å². The van der Waals surface area contributed by atoms with Gasteiger partial charge in [-0.05, 0) is 72.2 Å². The molecule has 34 heavy (non-hydrogen) atoms. The highest BCUT2D eigenvalue weighted by Crippen LogP contribution is 2.35. The number of carbonyl (C=O) groups is 1. The normalized spacial score (nSPS) is 14.0. The van der Waals surface area contributed by atoms with Crippen molar-refractivity contribution in [3.63, 3.8) is 0 Å². The number of aryl methyl sites for hydroxylation is 1. The number of carbonyl (C=O) groups excluding carboxylic acids is 1. The maximum absolute atomic E-state index is 13.4. The number of ether oxygens (including phenoxy) is 1. The van der Waals surface area contributed by atoms with E-state index in [2.05, 4.69) is 17.1 Å². The minimum atomic E-state index is -0.235. The molecule has 0 fully saturated rings. The Morgan fingerprint density at radius 2 is 1.79 bits per heavy atom. The van der Waals surface area contributed by atoms with Crippen molar-refractivity contribution < 1.29 is 13.9 Å². The van der Waals surface area contributed by atoms with E-state index in [1.807, 2.05) is 53.2 Å². The van der Waals surface area contributed by atoms with Gasteiger partial charge >= 0.3 is 0 Å². The van der Waals surface area contributed by atoms with E-state index in [9.17, 15) is 9.18 Å². The zero-order valence-electron chi connectivity index (χ0n) is 19.0. The number of imidazole rings is 1. The third-order valence-electron chi connectivity index (χ3n) is 6.47. The zero-order valence-corrected chi connectivity index (χ0v) is 19.0. The highest BCUT2D eigenvalue weighted by atomic mass is 19.1. The third kappa shape index (κ3) is 4.93. The van der Waals surface area contributed by atoms with Gasteiger partial charge in [0, 0.05) is 24.4 Å². The van der Waals surface area contributed by atoms with Gasteiger partial charge in [-0.3, -0.25) is 4.79 Å². The quantitative estimate of drug-likeness (QED) is 0.321. The second-order valence-corrected chi connectivity index (χ2v) is 8.75. The maximum atomic E-state index is 13.4. The first-order valence-electron chi connectivity index (χ1n) is 11.8. The van der Waals surface area contributed by atoms with Crippen LogP contribution in [0.15, 0.2) is 85.5 Å². The number of hydrogen-bond donors (Lipinski definition) is 0. The fourth-order valence-corrected chi connectivity index (χ4v) is 4.70. The number of fused-ring (bicyclic) bond motifs is 1. The molecule has 4 nitrogen and oxygen atoms in total. The largest absolute Gasteiger partial charge is 0.484 e. The second-order valence-electron chi connectivity index (χ2n) is 8.75. The summed E-state index contributed by atoms with van der Waals surface area (Å²) >= 11 is 0. The van der Waals surface area contributed by atoms with Crippen LogP contribution in [0.1, 0.15) is 51.6 Å². The molecule has 4 aromatic rings. The van der Waals surface area contributed by atoms with Crippen molar-refractivity contribution in [1.82, 2.24) is 9.55 Å². The van der Waals surface area contributed by atoms with E-state index in [0.717, 1.165) is 59.3 Å². The van der Waals surface area contributed by atoms with E-state index in [1.54, 1.807) is 12.5 Å². The van der Waals surface area contributed by atoms with E-state index in [1.165, 1.54) is 12.1 Å². The van der Waals surface area contributed by atoms with Crippen molar-refractivity contribution in [3.8, 4) is 5.75 Å². The van der Waals surface area contributed by atoms with Crippen LogP contribution in [-0.4, -0.2) is 15.3 Å². The van der Waals surface area contributed by atoms with Crippen LogP contribution in [0.25, 0.3) is 0 Å². The predicted molar refractivity (Wildman–Crippen MR) is 130 cm³/mol. The Balaban J connectivity index is 1.49. The third-order valence-corrected chi connectivity index (χ3v) is 6.47. The fraction of sp³-hybridized carbons (Fsp3) is 0.241. The molecule has 0 aliphatic heterocycles. The average Bonchev–Trinajstić information content (AvgIpc) is 3.38. The van der Waals surface area contributed by atoms with E-state index in [4.69, 9.17) is 4.74 Å². The lowest BCUT2D eigenvalue weighted by molar-refractivity contribution is 0.0972. The van der Waals surface area contributed by atoms with Crippen molar-refractivity contribution in [2.24, 2.45) is 0 Å². The number of benzene rings is 3. The summed E-state index contributed by atoms with van der Waals surface area (Å²) < 4.78 is 22.1. The molecule has 0 N–H and O–H groups in total. The lowest BCUT2D eigenvalue weighted by Gasteiger charge is -2.26. The first-order valence-corrected chi connectivity index (χ1v) is 11.8. The molecule has 0 radical (unpaired) electrons. The summed E-state index contributed by atoms with van der Waals surface area (Å²) in [6, 6.07) is 20.7. The number of aromatic nitrogens is 2. The Kier molecular flexibility index (Phi) is 6.52. The average molecular weight is 455 g/mol. The van der Waals surface area contributed by atoms with Gasteiger partial charge in [-0.15, -0.1) is 0 Å². The SMILES string of the molecule is O=C1CCCc2c1ccc(OC(Cn1ccnc1)c1ccccc1)c2CCc1ccc(F)cc1. The zero-order chi connectivity index (χ0) is 23.3. The van der Waals surface area contributed by atoms with Crippen LogP contribution in [0.2, 0.25) is 0 Å². The summed E-state index contributed by atoms with van der Waals surface area (Å²) in [6.07, 6.45) is 9.07. The molecule has 0 bridgehead atoms. The topological polar surface area (TPSA) is 44.1 Å². The molecule has 0 saturated heterocycles. The standard InChI is InChI=1S/C29H27FN2O2/c30-23-12-9-21(10-13-23)11-14-26-24-7-4-8-27(33)25(24)15-16-28(26)34-29(19-32-18-17-31-20-32)22-5-2-1-3-6-22/h1-3,5-6,9-10,12-13,15-18,20,29H,4,7-8,11,14,19H2. The number of nitrogens with zero attached hydrogens (tertiary/aromatic N) is 2. The molecule has 5 rings (SSSR count). The molecule has 0 amide bonds. The Hall–Kier alpha value is -3.73. The van der Waals surface area contributed by atoms with Crippen molar-refractivity contribution in [2.75, 3.05) is 0 Å². The van der Waals surface area contributed by atoms with E-state index >= 15 is 0 Å². The molecule has 3 aromatic carbocycles. The number of halogens is 1. The highest BCUT2D eigenvalue weighted by Gasteiger charge is 2.24. The van der Waals surface area contributed by atoms with Crippen molar-refractivity contribution in [1.29, 1.82) is 0 Å². The first-order chi connectivity index (χ1) is 16.7. The lowest BCUT2D eigenvalue weighted by atomic mass is 9.85. The minimum Gasteiger partial charge on any atom is -0.484 e. The molecule has 0 saturated carbocycles. The predicted octanol–water partition coefficient (Wildman–Crippen LogP) is 6.15. The van der Waals surface area contributed by atoms with Crippen molar-refractivity contribution in [2.45, 2.75) is 44.8 Å². The summed E-state index contributed by atoms with van der Waals surface area (Å²) in [7, 11) is 0. The molecule has 5 heteroatoms. The van der Waals surface area contributed by atoms with Gasteiger partial charge in [0.25, 0.3) is 0 Å². The maximum Gasteiger partial charge on any atom is 0.163 e. The van der Waals surface area contributed by atoms with Crippen LogP contribution in [0.5, 0.6) is 5.75 Å². The summed E-state index contributed by atoms with van der Waals surface area (Å²) in [6.45, 7) is 0.622. The van der Waals surface area contributed by atoms with Crippen LogP contribution in [0.4, 0.5) is 4.39 Å². The smallest absolute Gasteiger partial charge is 0.163 e. The van der Waals surface area contributed by atoms with Crippen molar-refractivity contribution in [3.05, 3.63) is 119 Å². The van der Waals surface area contributed by atoms with Gasteiger partial charge in [-0.2, -0.15) is 0 Å². The molecule has 1 aromatic heterocycles. The van der Waals surface area contributed by atoms with Gasteiger partial charge in [0.15, 0.2) is 5.78 Å². The Labute approximate surface area is 199 Å². The Morgan fingerprint density at radius 3 is 2.56 bits per heavy atom. The Bertz CT molecular complexity index is 1250. The second kappa shape index (κ2) is 10.0. The fourth-order valence-electron chi connectivity index (χ4n) is 4.70. The molecule has 1 aliphatic carbocycles. The number of ketones is 1. The first kappa shape index (κ1) is 22.1. The molecular formula is C29H27FN2O2. The van der Waals surface area contributed by atoms with E-state index < -0.39 is 0 Å². The molecule has 0 spiro atoms. The number of Topliss-reactive ketones (excluding diaryl/α,β-unsaturated/α-hetero) is 1. The van der Waals surface area contributed by atoms with Crippen LogP contribution in [0, 0.1) is 5.82 Å².